The number of rotatable bonds is 11. The minimum absolute atomic E-state index is 0.150. The first-order valence-corrected chi connectivity index (χ1v) is 16.1. The predicted octanol–water partition coefficient (Wildman–Crippen LogP) is 10.4. The molecule has 0 aromatic heterocycles. The lowest BCUT2D eigenvalue weighted by Crippen LogP contribution is -2.20. The van der Waals surface area contributed by atoms with Crippen molar-refractivity contribution in [2.45, 2.75) is 118 Å². The van der Waals surface area contributed by atoms with Gasteiger partial charge in [-0.2, -0.15) is 0 Å². The highest BCUT2D eigenvalue weighted by molar-refractivity contribution is 7.97. The molecule has 2 atom stereocenters. The van der Waals surface area contributed by atoms with E-state index in [9.17, 15) is 4.39 Å². The van der Waals surface area contributed by atoms with E-state index in [-0.39, 0.29) is 5.82 Å². The summed E-state index contributed by atoms with van der Waals surface area (Å²) >= 11 is 1.83. The van der Waals surface area contributed by atoms with Crippen LogP contribution < -0.4 is 4.72 Å². The van der Waals surface area contributed by atoms with Crippen LogP contribution in [0.1, 0.15) is 115 Å². The van der Waals surface area contributed by atoms with Crippen molar-refractivity contribution in [2.75, 3.05) is 6.54 Å². The Kier molecular flexibility index (Phi) is 15.3. The Labute approximate surface area is 237 Å². The lowest BCUT2D eigenvalue weighted by molar-refractivity contribution is 0.378. The minimum atomic E-state index is -0.150. The monoisotopic (exact) mass is 540 g/mol. The van der Waals surface area contributed by atoms with E-state index in [1.54, 1.807) is 12.1 Å². The predicted molar refractivity (Wildman–Crippen MR) is 167 cm³/mol. The van der Waals surface area contributed by atoms with E-state index in [0.29, 0.717) is 12.5 Å². The van der Waals surface area contributed by atoms with Crippen molar-refractivity contribution < 1.29 is 4.39 Å². The zero-order chi connectivity index (χ0) is 27.9. The van der Waals surface area contributed by atoms with Gasteiger partial charge in [0, 0.05) is 28.6 Å². The topological polar surface area (TPSA) is 24.4 Å². The number of hydrogen-bond donors (Lipinski definition) is 1. The van der Waals surface area contributed by atoms with Crippen molar-refractivity contribution in [1.82, 2.24) is 4.72 Å². The summed E-state index contributed by atoms with van der Waals surface area (Å²) in [6, 6.07) is 11.9. The van der Waals surface area contributed by atoms with Crippen LogP contribution in [-0.2, 0) is 13.0 Å². The number of nitrogens with zero attached hydrogens (tertiary/aromatic N) is 1. The van der Waals surface area contributed by atoms with Crippen molar-refractivity contribution in [3.8, 4) is 0 Å². The van der Waals surface area contributed by atoms with Crippen LogP contribution >= 0.6 is 11.9 Å². The molecule has 1 N–H and O–H groups in total. The van der Waals surface area contributed by atoms with Gasteiger partial charge in [-0.15, -0.1) is 0 Å². The third kappa shape index (κ3) is 9.52. The van der Waals surface area contributed by atoms with Crippen LogP contribution in [0, 0.1) is 30.5 Å². The lowest BCUT2D eigenvalue weighted by atomic mass is 9.88. The summed E-state index contributed by atoms with van der Waals surface area (Å²) in [7, 11) is 0. The summed E-state index contributed by atoms with van der Waals surface area (Å²) in [5.41, 5.74) is 6.26. The molecule has 0 radical (unpaired) electrons. The van der Waals surface area contributed by atoms with Gasteiger partial charge in [0.15, 0.2) is 0 Å². The van der Waals surface area contributed by atoms with Crippen LogP contribution in [0.15, 0.2) is 46.3 Å². The molecule has 2 aliphatic rings. The molecule has 1 aliphatic heterocycles. The number of aryl methyl sites for hydroxylation is 2. The quantitative estimate of drug-likeness (QED) is 0.287. The first-order valence-electron chi connectivity index (χ1n) is 15.3. The van der Waals surface area contributed by atoms with Crippen molar-refractivity contribution >= 4 is 17.7 Å². The van der Waals surface area contributed by atoms with Gasteiger partial charge in [-0.25, -0.2) is 4.39 Å². The fourth-order valence-electron chi connectivity index (χ4n) is 5.78. The van der Waals surface area contributed by atoms with E-state index in [1.165, 1.54) is 85.2 Å². The molecule has 0 saturated heterocycles. The van der Waals surface area contributed by atoms with Crippen molar-refractivity contribution in [3.05, 3.63) is 64.5 Å². The summed E-state index contributed by atoms with van der Waals surface area (Å²) < 4.78 is 16.8. The molecule has 2 nitrogen and oxygen atoms in total. The molecule has 38 heavy (non-hydrogen) atoms. The molecular formula is C34H53FN2S. The molecule has 212 valence electrons. The second-order valence-electron chi connectivity index (χ2n) is 10.5. The average Bonchev–Trinajstić information content (AvgIpc) is 3.57. The molecule has 1 heterocycles. The van der Waals surface area contributed by atoms with Gasteiger partial charge in [0.1, 0.15) is 5.82 Å². The van der Waals surface area contributed by atoms with Gasteiger partial charge < -0.3 is 0 Å². The fraction of sp³-hybridized carbons (Fsp3) is 0.618. The molecule has 2 aromatic rings. The molecule has 0 spiro atoms. The Morgan fingerprint density at radius 2 is 1.68 bits per heavy atom. The second kappa shape index (κ2) is 17.8. The van der Waals surface area contributed by atoms with Crippen LogP contribution in [0.2, 0.25) is 0 Å². The lowest BCUT2D eigenvalue weighted by Gasteiger charge is -2.18. The normalized spacial score (nSPS) is 17.9. The Balaban J connectivity index is 0.000000252. The van der Waals surface area contributed by atoms with Gasteiger partial charge in [0.25, 0.3) is 0 Å². The first kappa shape index (κ1) is 32.6. The highest BCUT2D eigenvalue weighted by atomic mass is 32.2. The van der Waals surface area contributed by atoms with E-state index in [1.807, 2.05) is 31.9 Å². The average molecular weight is 541 g/mol. The van der Waals surface area contributed by atoms with Crippen LogP contribution in [0.4, 0.5) is 4.39 Å². The number of nitrogens with one attached hydrogen (secondary N) is 1. The number of hydrogen-bond acceptors (Lipinski definition) is 3. The maximum absolute atomic E-state index is 13.1. The van der Waals surface area contributed by atoms with Crippen molar-refractivity contribution in [2.24, 2.45) is 22.7 Å². The molecular weight excluding hydrogens is 487 g/mol. The number of fused-ring (bicyclic) bond motifs is 1. The highest BCUT2D eigenvalue weighted by Gasteiger charge is 2.25. The maximum Gasteiger partial charge on any atom is 0.123 e. The standard InChI is InChI=1S/C17H27NS.C15H20FN.C2H6/c1-4-14-10-9-13(3)17(11-14)19-18-12-16-8-6-7-15(16)5-2;1-3-5-11(6-4-2)15-14-8-7-13(16)9-12(14)10-17-15;1-2/h9-11,15-16,18H,4-8,12H2,1-3H3;7-9,11H,3-6,10H2,1-2H3;1-2H3. The van der Waals surface area contributed by atoms with Gasteiger partial charge in [-0.3, -0.25) is 9.71 Å². The minimum Gasteiger partial charge on any atom is -0.284 e. The zero-order valence-electron chi connectivity index (χ0n) is 25.2. The molecule has 2 unspecified atom stereocenters. The van der Waals surface area contributed by atoms with E-state index < -0.39 is 0 Å². The van der Waals surface area contributed by atoms with E-state index in [2.05, 4.69) is 62.5 Å². The Morgan fingerprint density at radius 3 is 2.34 bits per heavy atom. The number of halogens is 1. The molecule has 2 aromatic carbocycles. The van der Waals surface area contributed by atoms with Gasteiger partial charge in [-0.1, -0.05) is 85.8 Å². The maximum atomic E-state index is 13.1. The first-order chi connectivity index (χ1) is 18.5. The zero-order valence-corrected chi connectivity index (χ0v) is 26.0. The summed E-state index contributed by atoms with van der Waals surface area (Å²) in [4.78, 5) is 6.03. The smallest absolute Gasteiger partial charge is 0.123 e. The van der Waals surface area contributed by atoms with Crippen molar-refractivity contribution in [1.29, 1.82) is 0 Å². The van der Waals surface area contributed by atoms with Gasteiger partial charge >= 0.3 is 0 Å². The van der Waals surface area contributed by atoms with E-state index >= 15 is 0 Å². The second-order valence-corrected chi connectivity index (χ2v) is 11.5. The molecule has 1 aliphatic carbocycles. The molecule has 0 amide bonds. The fourth-order valence-corrected chi connectivity index (χ4v) is 6.68. The Hall–Kier alpha value is -1.65. The molecule has 1 saturated carbocycles. The largest absolute Gasteiger partial charge is 0.284 e. The summed E-state index contributed by atoms with van der Waals surface area (Å²) in [6.45, 7) is 17.0. The van der Waals surface area contributed by atoms with Crippen LogP contribution in [0.3, 0.4) is 0 Å². The summed E-state index contributed by atoms with van der Waals surface area (Å²) in [5, 5.41) is 0. The molecule has 4 heteroatoms. The van der Waals surface area contributed by atoms with E-state index in [4.69, 9.17) is 0 Å². The summed E-state index contributed by atoms with van der Waals surface area (Å²) in [6.07, 6.45) is 11.5. The Morgan fingerprint density at radius 1 is 0.974 bits per heavy atom. The highest BCUT2D eigenvalue weighted by Crippen LogP contribution is 2.34. The van der Waals surface area contributed by atoms with Crippen LogP contribution in [-0.4, -0.2) is 12.3 Å². The SMILES string of the molecule is CC.CCCC(CCC)C1=NCc2cc(F)ccc21.CCc1ccc(C)c(SNCC2CCCC2CC)c1. The molecule has 4 rings (SSSR count). The third-order valence-electron chi connectivity index (χ3n) is 7.95. The van der Waals surface area contributed by atoms with Crippen molar-refractivity contribution in [3.63, 3.8) is 0 Å². The Bertz CT molecular complexity index is 980. The summed E-state index contributed by atoms with van der Waals surface area (Å²) in [5.74, 6) is 2.25. The van der Waals surface area contributed by atoms with Gasteiger partial charge in [0.2, 0.25) is 0 Å². The van der Waals surface area contributed by atoms with Gasteiger partial charge in [0.05, 0.1) is 6.54 Å². The van der Waals surface area contributed by atoms with Crippen LogP contribution in [0.25, 0.3) is 0 Å². The third-order valence-corrected chi connectivity index (χ3v) is 8.92. The van der Waals surface area contributed by atoms with Gasteiger partial charge in [-0.05, 0) is 97.3 Å². The molecule has 0 bridgehead atoms. The van der Waals surface area contributed by atoms with E-state index in [0.717, 1.165) is 23.8 Å². The van der Waals surface area contributed by atoms with Crippen LogP contribution in [0.5, 0.6) is 0 Å². The number of aliphatic imine (C=N–C) groups is 1. The number of benzene rings is 2. The molecule has 1 fully saturated rings.